The van der Waals surface area contributed by atoms with Crippen LogP contribution in [0.1, 0.15) is 24.3 Å². The molecule has 0 spiro atoms. The number of halogens is 1. The molecule has 22 heavy (non-hydrogen) atoms. The van der Waals surface area contributed by atoms with E-state index in [0.717, 1.165) is 25.5 Å². The van der Waals surface area contributed by atoms with Gasteiger partial charge in [0, 0.05) is 31.4 Å². The minimum Gasteiger partial charge on any atom is -0.340 e. The molecule has 0 saturated carbocycles. The molecule has 3 aromatic rings. The molecule has 1 saturated heterocycles. The molecule has 5 nitrogen and oxygen atoms in total. The van der Waals surface area contributed by atoms with Crippen LogP contribution in [0.3, 0.4) is 0 Å². The van der Waals surface area contributed by atoms with E-state index in [1.807, 2.05) is 10.6 Å². The number of hydrogen-bond donors (Lipinski definition) is 0. The normalized spacial score (nSPS) is 18.8. The van der Waals surface area contributed by atoms with Gasteiger partial charge in [-0.2, -0.15) is 0 Å². The smallest absolute Gasteiger partial charge is 0.231 e. The lowest BCUT2D eigenvalue weighted by molar-refractivity contribution is 0.502. The maximum absolute atomic E-state index is 6.08. The van der Waals surface area contributed by atoms with Crippen molar-refractivity contribution in [1.29, 1.82) is 0 Å². The minimum atomic E-state index is 0.387. The Morgan fingerprint density at radius 3 is 2.86 bits per heavy atom. The average molecular weight is 314 g/mol. The predicted molar refractivity (Wildman–Crippen MR) is 86.4 cm³/mol. The minimum absolute atomic E-state index is 0.387. The second kappa shape index (κ2) is 5.57. The number of benzene rings is 1. The SMILES string of the molecule is Clc1nccn2c(N3CCCC(c4ccccc4)C3)nnc12. The van der Waals surface area contributed by atoms with Crippen LogP contribution in [0.5, 0.6) is 0 Å². The second-order valence-corrected chi connectivity index (χ2v) is 5.97. The Hall–Kier alpha value is -2.14. The summed E-state index contributed by atoms with van der Waals surface area (Å²) in [7, 11) is 0. The quantitative estimate of drug-likeness (QED) is 0.729. The first-order chi connectivity index (χ1) is 10.8. The van der Waals surface area contributed by atoms with Gasteiger partial charge in [-0.25, -0.2) is 4.98 Å². The van der Waals surface area contributed by atoms with Gasteiger partial charge in [-0.05, 0) is 18.4 Å². The molecule has 4 rings (SSSR count). The highest BCUT2D eigenvalue weighted by Gasteiger charge is 2.24. The van der Waals surface area contributed by atoms with Gasteiger partial charge in [0.2, 0.25) is 5.95 Å². The zero-order valence-corrected chi connectivity index (χ0v) is 12.8. The molecule has 1 aliphatic heterocycles. The molecule has 1 fully saturated rings. The molecule has 1 aliphatic rings. The zero-order chi connectivity index (χ0) is 14.9. The molecule has 0 amide bonds. The molecule has 0 aliphatic carbocycles. The fourth-order valence-corrected chi connectivity index (χ4v) is 3.34. The van der Waals surface area contributed by atoms with Gasteiger partial charge in [0.15, 0.2) is 10.8 Å². The van der Waals surface area contributed by atoms with Crippen molar-refractivity contribution >= 4 is 23.2 Å². The summed E-state index contributed by atoms with van der Waals surface area (Å²) >= 11 is 6.08. The van der Waals surface area contributed by atoms with E-state index in [9.17, 15) is 0 Å². The highest BCUT2D eigenvalue weighted by atomic mass is 35.5. The van der Waals surface area contributed by atoms with Crippen LogP contribution in [0, 0.1) is 0 Å². The van der Waals surface area contributed by atoms with Crippen LogP contribution < -0.4 is 4.90 Å². The van der Waals surface area contributed by atoms with Gasteiger partial charge in [-0.15, -0.1) is 10.2 Å². The van der Waals surface area contributed by atoms with E-state index in [4.69, 9.17) is 11.6 Å². The lowest BCUT2D eigenvalue weighted by Crippen LogP contribution is -2.35. The lowest BCUT2D eigenvalue weighted by Gasteiger charge is -2.33. The summed E-state index contributed by atoms with van der Waals surface area (Å²) in [6.45, 7) is 1.94. The third-order valence-electron chi connectivity index (χ3n) is 4.24. The van der Waals surface area contributed by atoms with Crippen molar-refractivity contribution in [3.8, 4) is 0 Å². The van der Waals surface area contributed by atoms with E-state index in [2.05, 4.69) is 50.4 Å². The van der Waals surface area contributed by atoms with Crippen LogP contribution in [-0.4, -0.2) is 32.7 Å². The molecular weight excluding hydrogens is 298 g/mol. The summed E-state index contributed by atoms with van der Waals surface area (Å²) in [6.07, 6.45) is 5.90. The molecule has 1 unspecified atom stereocenters. The van der Waals surface area contributed by atoms with Gasteiger partial charge in [0.1, 0.15) is 0 Å². The number of aromatic nitrogens is 4. The van der Waals surface area contributed by atoms with Crippen molar-refractivity contribution in [2.24, 2.45) is 0 Å². The summed E-state index contributed by atoms with van der Waals surface area (Å²) in [4.78, 5) is 6.34. The van der Waals surface area contributed by atoms with Gasteiger partial charge in [0.25, 0.3) is 0 Å². The van der Waals surface area contributed by atoms with Gasteiger partial charge in [-0.1, -0.05) is 41.9 Å². The standard InChI is InChI=1S/C16H16ClN5/c17-14-15-19-20-16(22(15)10-8-18-14)21-9-4-7-13(11-21)12-5-2-1-3-6-12/h1-3,5-6,8,10,13H,4,7,9,11H2. The molecule has 1 aromatic carbocycles. The van der Waals surface area contributed by atoms with Crippen molar-refractivity contribution in [2.75, 3.05) is 18.0 Å². The first-order valence-electron chi connectivity index (χ1n) is 7.48. The third-order valence-corrected chi connectivity index (χ3v) is 4.51. The first-order valence-corrected chi connectivity index (χ1v) is 7.86. The number of hydrogen-bond acceptors (Lipinski definition) is 4. The first kappa shape index (κ1) is 13.5. The molecule has 0 radical (unpaired) electrons. The predicted octanol–water partition coefficient (Wildman–Crippen LogP) is 3.16. The monoisotopic (exact) mass is 313 g/mol. The average Bonchev–Trinajstić information content (AvgIpc) is 3.01. The van der Waals surface area contributed by atoms with Crippen molar-refractivity contribution in [1.82, 2.24) is 19.6 Å². The zero-order valence-electron chi connectivity index (χ0n) is 12.1. The fourth-order valence-electron chi connectivity index (χ4n) is 3.16. The van der Waals surface area contributed by atoms with E-state index in [1.54, 1.807) is 6.20 Å². The Kier molecular flexibility index (Phi) is 3.42. The Morgan fingerprint density at radius 1 is 1.14 bits per heavy atom. The van der Waals surface area contributed by atoms with Crippen LogP contribution in [0.15, 0.2) is 42.7 Å². The number of piperidine rings is 1. The highest BCUT2D eigenvalue weighted by molar-refractivity contribution is 6.32. The highest BCUT2D eigenvalue weighted by Crippen LogP contribution is 2.29. The molecular formula is C16H16ClN5. The van der Waals surface area contributed by atoms with Gasteiger partial charge < -0.3 is 4.90 Å². The van der Waals surface area contributed by atoms with Crippen LogP contribution in [0.2, 0.25) is 5.15 Å². The molecule has 3 heterocycles. The molecule has 1 atom stereocenters. The van der Waals surface area contributed by atoms with Crippen LogP contribution >= 0.6 is 11.6 Å². The number of fused-ring (bicyclic) bond motifs is 1. The summed E-state index contributed by atoms with van der Waals surface area (Å²) in [5, 5.41) is 8.88. The lowest BCUT2D eigenvalue weighted by atomic mass is 9.91. The Labute approximate surface area is 133 Å². The third kappa shape index (κ3) is 2.31. The van der Waals surface area contributed by atoms with Gasteiger partial charge in [0.05, 0.1) is 0 Å². The second-order valence-electron chi connectivity index (χ2n) is 5.61. The Bertz CT molecular complexity index is 786. The molecule has 0 bridgehead atoms. The number of rotatable bonds is 2. The summed E-state index contributed by atoms with van der Waals surface area (Å²) in [6, 6.07) is 10.7. The van der Waals surface area contributed by atoms with Crippen molar-refractivity contribution in [3.63, 3.8) is 0 Å². The van der Waals surface area contributed by atoms with Crippen LogP contribution in [0.4, 0.5) is 5.95 Å². The molecule has 6 heteroatoms. The largest absolute Gasteiger partial charge is 0.340 e. The maximum Gasteiger partial charge on any atom is 0.231 e. The fraction of sp³-hybridized carbons (Fsp3) is 0.312. The number of nitrogens with zero attached hydrogens (tertiary/aromatic N) is 5. The van der Waals surface area contributed by atoms with Crippen molar-refractivity contribution in [3.05, 3.63) is 53.4 Å². The summed E-state index contributed by atoms with van der Waals surface area (Å²) in [5.41, 5.74) is 2.00. The van der Waals surface area contributed by atoms with E-state index in [-0.39, 0.29) is 0 Å². The summed E-state index contributed by atoms with van der Waals surface area (Å²) in [5.74, 6) is 1.37. The van der Waals surface area contributed by atoms with Crippen molar-refractivity contribution < 1.29 is 0 Å². The molecule has 0 N–H and O–H groups in total. The summed E-state index contributed by atoms with van der Waals surface area (Å²) < 4.78 is 1.92. The van der Waals surface area contributed by atoms with E-state index < -0.39 is 0 Å². The van der Waals surface area contributed by atoms with Crippen LogP contribution in [0.25, 0.3) is 5.65 Å². The topological polar surface area (TPSA) is 46.3 Å². The molecule has 2 aromatic heterocycles. The van der Waals surface area contributed by atoms with E-state index in [0.29, 0.717) is 16.7 Å². The Balaban J connectivity index is 1.66. The van der Waals surface area contributed by atoms with Crippen molar-refractivity contribution in [2.45, 2.75) is 18.8 Å². The van der Waals surface area contributed by atoms with Gasteiger partial charge >= 0.3 is 0 Å². The maximum atomic E-state index is 6.08. The van der Waals surface area contributed by atoms with E-state index >= 15 is 0 Å². The Morgan fingerprint density at radius 2 is 2.00 bits per heavy atom. The van der Waals surface area contributed by atoms with Crippen LogP contribution in [-0.2, 0) is 0 Å². The van der Waals surface area contributed by atoms with E-state index in [1.165, 1.54) is 12.0 Å². The van der Waals surface area contributed by atoms with Gasteiger partial charge in [-0.3, -0.25) is 4.40 Å². The molecule has 112 valence electrons. The number of anilines is 1.